The Morgan fingerprint density at radius 2 is 2.25 bits per heavy atom. The van der Waals surface area contributed by atoms with Crippen molar-refractivity contribution in [3.05, 3.63) is 12.2 Å². The van der Waals surface area contributed by atoms with Crippen LogP contribution >= 0.6 is 15.9 Å². The van der Waals surface area contributed by atoms with Crippen LogP contribution in [0.1, 0.15) is 0 Å². The van der Waals surface area contributed by atoms with E-state index in [0.29, 0.717) is 5.33 Å². The van der Waals surface area contributed by atoms with E-state index in [9.17, 15) is 4.79 Å². The molecule has 0 spiro atoms. The number of aliphatic carboxylic acids is 1. The Balaban J connectivity index is 0. The highest BCUT2D eigenvalue weighted by Gasteiger charge is 1.79. The first-order valence-electron chi connectivity index (χ1n) is 1.73. The maximum Gasteiger partial charge on any atom is 0.328 e. The molecule has 0 atom stereocenters. The number of allylic oxidation sites excluding steroid dienone is 1. The number of hydrogen-bond acceptors (Lipinski definition) is 1. The van der Waals surface area contributed by atoms with Gasteiger partial charge in [0.25, 0.3) is 0 Å². The van der Waals surface area contributed by atoms with Gasteiger partial charge >= 0.3 is 5.97 Å². The molecule has 8 heavy (non-hydrogen) atoms. The van der Waals surface area contributed by atoms with E-state index in [0.717, 1.165) is 6.08 Å². The SMILES string of the molecule is O=C(O)C=CCBr.[AlH3]. The summed E-state index contributed by atoms with van der Waals surface area (Å²) in [5.41, 5.74) is 0. The van der Waals surface area contributed by atoms with E-state index in [1.165, 1.54) is 6.08 Å². The molecule has 0 radical (unpaired) electrons. The van der Waals surface area contributed by atoms with Gasteiger partial charge in [0.1, 0.15) is 0 Å². The number of carbonyl (C=O) groups is 1. The Morgan fingerprint density at radius 3 is 2.38 bits per heavy atom. The van der Waals surface area contributed by atoms with Gasteiger partial charge in [-0.2, -0.15) is 0 Å². The lowest BCUT2D eigenvalue weighted by Gasteiger charge is -1.72. The predicted molar refractivity (Wildman–Crippen MR) is 40.5 cm³/mol. The molecule has 0 aliphatic carbocycles. The molecule has 0 aromatic heterocycles. The van der Waals surface area contributed by atoms with Crippen LogP contribution in [0.2, 0.25) is 0 Å². The Labute approximate surface area is 66.8 Å². The van der Waals surface area contributed by atoms with E-state index in [-0.39, 0.29) is 17.4 Å². The molecule has 46 valence electrons. The molecule has 0 unspecified atom stereocenters. The molecule has 0 aliphatic rings. The second kappa shape index (κ2) is 7.22. The average molecular weight is 195 g/mol. The molecule has 1 N–H and O–H groups in total. The normalized spacial score (nSPS) is 8.62. The lowest BCUT2D eigenvalue weighted by Crippen LogP contribution is -1.84. The number of alkyl halides is 1. The number of carboxylic acids is 1. The number of hydrogen-bond donors (Lipinski definition) is 1. The zero-order chi connectivity index (χ0) is 5.70. The van der Waals surface area contributed by atoms with Crippen molar-refractivity contribution in [3.63, 3.8) is 0 Å². The molecule has 0 aromatic rings. The summed E-state index contributed by atoms with van der Waals surface area (Å²) in [7, 11) is 0. The fraction of sp³-hybridized carbons (Fsp3) is 0.250. The van der Waals surface area contributed by atoms with Crippen molar-refractivity contribution in [2.75, 3.05) is 5.33 Å². The average Bonchev–Trinajstić information content (AvgIpc) is 1.61. The van der Waals surface area contributed by atoms with Gasteiger partial charge in [0.15, 0.2) is 17.4 Å². The van der Waals surface area contributed by atoms with Crippen molar-refractivity contribution >= 4 is 39.3 Å². The van der Waals surface area contributed by atoms with Crippen molar-refractivity contribution in [3.8, 4) is 0 Å². The lowest BCUT2D eigenvalue weighted by molar-refractivity contribution is -0.131. The van der Waals surface area contributed by atoms with Crippen LogP contribution in [-0.4, -0.2) is 33.8 Å². The monoisotopic (exact) mass is 194 g/mol. The van der Waals surface area contributed by atoms with Crippen LogP contribution in [0.4, 0.5) is 0 Å². The first-order chi connectivity index (χ1) is 3.27. The second-order valence-corrected chi connectivity index (χ2v) is 1.54. The van der Waals surface area contributed by atoms with Gasteiger partial charge in [0.05, 0.1) is 0 Å². The highest BCUT2D eigenvalue weighted by molar-refractivity contribution is 9.09. The van der Waals surface area contributed by atoms with Gasteiger partial charge in [-0.05, 0) is 0 Å². The number of halogens is 1. The molecule has 4 heteroatoms. The molecule has 0 heterocycles. The van der Waals surface area contributed by atoms with Gasteiger partial charge in [-0.3, -0.25) is 0 Å². The van der Waals surface area contributed by atoms with Crippen LogP contribution < -0.4 is 0 Å². The molecule has 0 aliphatic heterocycles. The van der Waals surface area contributed by atoms with Gasteiger partial charge in [-0.25, -0.2) is 4.79 Å². The fourth-order valence-electron chi connectivity index (χ4n) is 0.145. The summed E-state index contributed by atoms with van der Waals surface area (Å²) in [6, 6.07) is 0. The molecular formula is C4H8AlBrO2. The van der Waals surface area contributed by atoms with E-state index in [2.05, 4.69) is 15.9 Å². The summed E-state index contributed by atoms with van der Waals surface area (Å²) in [5.74, 6) is -0.903. The standard InChI is InChI=1S/C4H5BrO2.Al.3H/c5-3-1-2-4(6)7;;;;/h1-2H,3H2,(H,6,7);;;;. The summed E-state index contributed by atoms with van der Waals surface area (Å²) < 4.78 is 0. The topological polar surface area (TPSA) is 37.3 Å². The zero-order valence-electron chi connectivity index (χ0n) is 3.60. The third-order valence-corrected chi connectivity index (χ3v) is 0.723. The summed E-state index contributed by atoms with van der Waals surface area (Å²) in [6.07, 6.45) is 2.61. The molecule has 2 nitrogen and oxygen atoms in total. The Morgan fingerprint density at radius 1 is 1.75 bits per heavy atom. The lowest BCUT2D eigenvalue weighted by atomic mass is 10.5. The first-order valence-corrected chi connectivity index (χ1v) is 2.85. The van der Waals surface area contributed by atoms with E-state index >= 15 is 0 Å². The summed E-state index contributed by atoms with van der Waals surface area (Å²) in [5, 5.41) is 8.53. The second-order valence-electron chi connectivity index (χ2n) is 0.895. The highest BCUT2D eigenvalue weighted by Crippen LogP contribution is 1.79. The molecule has 0 saturated carbocycles. The summed E-state index contributed by atoms with van der Waals surface area (Å²) >= 11 is 3.03. The van der Waals surface area contributed by atoms with Crippen LogP contribution in [0.5, 0.6) is 0 Å². The molecule has 0 bridgehead atoms. The minimum Gasteiger partial charge on any atom is -0.478 e. The van der Waals surface area contributed by atoms with Crippen LogP contribution in [0.15, 0.2) is 12.2 Å². The summed E-state index contributed by atoms with van der Waals surface area (Å²) in [6.45, 7) is 0. The van der Waals surface area contributed by atoms with Crippen LogP contribution in [0.25, 0.3) is 0 Å². The van der Waals surface area contributed by atoms with Crippen LogP contribution in [0.3, 0.4) is 0 Å². The van der Waals surface area contributed by atoms with Gasteiger partial charge in [0.2, 0.25) is 0 Å². The maximum absolute atomic E-state index is 9.65. The molecule has 0 amide bonds. The predicted octanol–water partition coefficient (Wildman–Crippen LogP) is -0.162. The quantitative estimate of drug-likeness (QED) is 0.377. The Hall–Kier alpha value is 0.222. The highest BCUT2D eigenvalue weighted by atomic mass is 79.9. The van der Waals surface area contributed by atoms with Crippen LogP contribution in [-0.2, 0) is 4.79 Å². The smallest absolute Gasteiger partial charge is 0.328 e. The van der Waals surface area contributed by atoms with Crippen molar-refractivity contribution in [2.45, 2.75) is 0 Å². The van der Waals surface area contributed by atoms with Gasteiger partial charge in [-0.1, -0.05) is 22.0 Å². The number of carboxylic acid groups (broad SMARTS) is 1. The van der Waals surface area contributed by atoms with Crippen LogP contribution in [0, 0.1) is 0 Å². The third-order valence-electron chi connectivity index (χ3n) is 0.350. The Bertz CT molecular complexity index is 92.0. The third kappa shape index (κ3) is 9.52. The van der Waals surface area contributed by atoms with Crippen molar-refractivity contribution in [1.82, 2.24) is 0 Å². The molecular weight excluding hydrogens is 187 g/mol. The Kier molecular flexibility index (Phi) is 10.0. The molecule has 0 saturated heterocycles. The minimum absolute atomic E-state index is 0. The largest absolute Gasteiger partial charge is 0.478 e. The van der Waals surface area contributed by atoms with Crippen molar-refractivity contribution in [2.24, 2.45) is 0 Å². The molecule has 0 fully saturated rings. The van der Waals surface area contributed by atoms with Gasteiger partial charge < -0.3 is 5.11 Å². The van der Waals surface area contributed by atoms with E-state index in [1.54, 1.807) is 0 Å². The van der Waals surface area contributed by atoms with Gasteiger partial charge in [-0.15, -0.1) is 0 Å². The molecule has 0 rings (SSSR count). The first kappa shape index (κ1) is 11.1. The van der Waals surface area contributed by atoms with E-state index in [1.807, 2.05) is 0 Å². The number of rotatable bonds is 2. The van der Waals surface area contributed by atoms with E-state index < -0.39 is 5.97 Å². The van der Waals surface area contributed by atoms with Crippen molar-refractivity contribution in [1.29, 1.82) is 0 Å². The van der Waals surface area contributed by atoms with Gasteiger partial charge in [0, 0.05) is 11.4 Å². The molecule has 0 aromatic carbocycles. The fourth-order valence-corrected chi connectivity index (χ4v) is 0.332. The zero-order valence-corrected chi connectivity index (χ0v) is 5.18. The maximum atomic E-state index is 9.65. The van der Waals surface area contributed by atoms with Crippen molar-refractivity contribution < 1.29 is 9.90 Å². The minimum atomic E-state index is -0.903. The van der Waals surface area contributed by atoms with E-state index in [4.69, 9.17) is 5.11 Å². The summed E-state index contributed by atoms with van der Waals surface area (Å²) in [4.78, 5) is 9.65.